The molecule has 0 aliphatic carbocycles. The molecule has 0 saturated carbocycles. The standard InChI is InChI=1S/C15H15NO3/c17-12-4-5-14-13(8-12)15(18)11(10-19-14)9-16-6-2-1-3-7-16/h1-2,4-5,8,10,17H,3,6-7,9H2. The fraction of sp³-hybridized carbons (Fsp3) is 0.267. The quantitative estimate of drug-likeness (QED) is 0.838. The topological polar surface area (TPSA) is 53.7 Å². The summed E-state index contributed by atoms with van der Waals surface area (Å²) in [4.78, 5) is 14.5. The van der Waals surface area contributed by atoms with Gasteiger partial charge in [-0.3, -0.25) is 9.69 Å². The number of phenolic OH excluding ortho intramolecular Hbond substituents is 1. The summed E-state index contributed by atoms with van der Waals surface area (Å²) in [5.41, 5.74) is 1.07. The van der Waals surface area contributed by atoms with Crippen LogP contribution in [0.5, 0.6) is 5.75 Å². The zero-order valence-electron chi connectivity index (χ0n) is 10.5. The summed E-state index contributed by atoms with van der Waals surface area (Å²) in [6.45, 7) is 2.39. The molecule has 0 bridgehead atoms. The van der Waals surface area contributed by atoms with Gasteiger partial charge in [0.2, 0.25) is 0 Å². The average molecular weight is 257 g/mol. The Labute approximate surface area is 110 Å². The Bertz CT molecular complexity index is 687. The van der Waals surface area contributed by atoms with Crippen molar-refractivity contribution in [1.82, 2.24) is 4.90 Å². The maximum absolute atomic E-state index is 12.3. The van der Waals surface area contributed by atoms with E-state index >= 15 is 0 Å². The van der Waals surface area contributed by atoms with Gasteiger partial charge in [0.05, 0.1) is 11.6 Å². The van der Waals surface area contributed by atoms with Gasteiger partial charge in [-0.15, -0.1) is 0 Å². The van der Waals surface area contributed by atoms with Gasteiger partial charge in [-0.2, -0.15) is 0 Å². The second-order valence-electron chi connectivity index (χ2n) is 4.77. The Hall–Kier alpha value is -2.07. The van der Waals surface area contributed by atoms with Crippen LogP contribution in [0.25, 0.3) is 11.0 Å². The van der Waals surface area contributed by atoms with Gasteiger partial charge in [-0.1, -0.05) is 12.2 Å². The van der Waals surface area contributed by atoms with E-state index < -0.39 is 0 Å². The summed E-state index contributed by atoms with van der Waals surface area (Å²) >= 11 is 0. The van der Waals surface area contributed by atoms with E-state index in [0.29, 0.717) is 23.1 Å². The molecule has 0 amide bonds. The lowest BCUT2D eigenvalue weighted by Crippen LogP contribution is -2.29. The predicted octanol–water partition coefficient (Wildman–Crippen LogP) is 2.26. The van der Waals surface area contributed by atoms with E-state index in [4.69, 9.17) is 4.42 Å². The summed E-state index contributed by atoms with van der Waals surface area (Å²) in [7, 11) is 0. The molecule has 0 spiro atoms. The van der Waals surface area contributed by atoms with Crippen LogP contribution in [-0.2, 0) is 6.54 Å². The lowest BCUT2D eigenvalue weighted by Gasteiger charge is -2.22. The van der Waals surface area contributed by atoms with Crippen LogP contribution in [0.4, 0.5) is 0 Å². The Kier molecular flexibility index (Phi) is 3.09. The predicted molar refractivity (Wildman–Crippen MR) is 73.2 cm³/mol. The minimum atomic E-state index is -0.0632. The molecule has 0 unspecified atom stereocenters. The fourth-order valence-electron chi connectivity index (χ4n) is 2.34. The van der Waals surface area contributed by atoms with E-state index in [1.807, 2.05) is 0 Å². The summed E-state index contributed by atoms with van der Waals surface area (Å²) in [6, 6.07) is 4.58. The number of benzene rings is 1. The van der Waals surface area contributed by atoms with Crippen molar-refractivity contribution in [2.75, 3.05) is 13.1 Å². The highest BCUT2D eigenvalue weighted by Crippen LogP contribution is 2.18. The first-order chi connectivity index (χ1) is 9.24. The monoisotopic (exact) mass is 257 g/mol. The average Bonchev–Trinajstić information content (AvgIpc) is 2.44. The first kappa shape index (κ1) is 12.0. The summed E-state index contributed by atoms with van der Waals surface area (Å²) in [5.74, 6) is 0.0813. The number of aromatic hydroxyl groups is 1. The van der Waals surface area contributed by atoms with Crippen molar-refractivity contribution < 1.29 is 9.52 Å². The van der Waals surface area contributed by atoms with Crippen LogP contribution in [-0.4, -0.2) is 23.1 Å². The minimum Gasteiger partial charge on any atom is -0.508 e. The van der Waals surface area contributed by atoms with Crippen LogP contribution in [0.1, 0.15) is 12.0 Å². The van der Waals surface area contributed by atoms with E-state index in [0.717, 1.165) is 19.5 Å². The highest BCUT2D eigenvalue weighted by Gasteiger charge is 2.12. The maximum atomic E-state index is 12.3. The van der Waals surface area contributed by atoms with Gasteiger partial charge in [0, 0.05) is 25.2 Å². The number of nitrogens with zero attached hydrogens (tertiary/aromatic N) is 1. The number of hydrogen-bond donors (Lipinski definition) is 1. The van der Waals surface area contributed by atoms with Crippen LogP contribution in [0.15, 0.2) is 45.8 Å². The second-order valence-corrected chi connectivity index (χ2v) is 4.77. The lowest BCUT2D eigenvalue weighted by atomic mass is 10.1. The number of hydrogen-bond acceptors (Lipinski definition) is 4. The molecule has 1 aromatic heterocycles. The molecule has 1 N–H and O–H groups in total. The molecule has 0 fully saturated rings. The van der Waals surface area contributed by atoms with Gasteiger partial charge in [-0.05, 0) is 24.6 Å². The highest BCUT2D eigenvalue weighted by molar-refractivity contribution is 5.78. The van der Waals surface area contributed by atoms with Crippen molar-refractivity contribution in [2.24, 2.45) is 0 Å². The maximum Gasteiger partial charge on any atom is 0.197 e. The second kappa shape index (κ2) is 4.90. The molecule has 2 heterocycles. The minimum absolute atomic E-state index is 0.0632. The van der Waals surface area contributed by atoms with Crippen molar-refractivity contribution in [3.63, 3.8) is 0 Å². The van der Waals surface area contributed by atoms with E-state index in [9.17, 15) is 9.90 Å². The normalized spacial score (nSPS) is 16.0. The molecule has 4 nitrogen and oxygen atoms in total. The van der Waals surface area contributed by atoms with Crippen LogP contribution in [0, 0.1) is 0 Å². The van der Waals surface area contributed by atoms with E-state index in [1.54, 1.807) is 6.07 Å². The van der Waals surface area contributed by atoms with Crippen molar-refractivity contribution in [3.05, 3.63) is 52.4 Å². The summed E-state index contributed by atoms with van der Waals surface area (Å²) in [6.07, 6.45) is 6.80. The molecular formula is C15H15NO3. The number of fused-ring (bicyclic) bond motifs is 1. The first-order valence-corrected chi connectivity index (χ1v) is 6.35. The van der Waals surface area contributed by atoms with Gasteiger partial charge in [0.15, 0.2) is 5.43 Å². The molecule has 0 radical (unpaired) electrons. The van der Waals surface area contributed by atoms with E-state index in [2.05, 4.69) is 17.1 Å². The van der Waals surface area contributed by atoms with Gasteiger partial charge in [-0.25, -0.2) is 0 Å². The molecule has 1 aromatic carbocycles. The van der Waals surface area contributed by atoms with Gasteiger partial charge >= 0.3 is 0 Å². The van der Waals surface area contributed by atoms with Gasteiger partial charge < -0.3 is 9.52 Å². The molecule has 0 saturated heterocycles. The smallest absolute Gasteiger partial charge is 0.197 e. The third-order valence-electron chi connectivity index (χ3n) is 3.36. The third kappa shape index (κ3) is 2.39. The van der Waals surface area contributed by atoms with Crippen molar-refractivity contribution in [1.29, 1.82) is 0 Å². The molecule has 0 atom stereocenters. The molecule has 2 aromatic rings. The van der Waals surface area contributed by atoms with E-state index in [-0.39, 0.29) is 11.2 Å². The zero-order chi connectivity index (χ0) is 13.2. The van der Waals surface area contributed by atoms with Crippen LogP contribution in [0.2, 0.25) is 0 Å². The summed E-state index contributed by atoms with van der Waals surface area (Å²) < 4.78 is 5.46. The Morgan fingerprint density at radius 2 is 2.21 bits per heavy atom. The van der Waals surface area contributed by atoms with Gasteiger partial charge in [0.25, 0.3) is 0 Å². The number of phenols is 1. The molecule has 1 aliphatic heterocycles. The zero-order valence-corrected chi connectivity index (χ0v) is 10.5. The SMILES string of the molecule is O=c1c(CN2CC=CCC2)coc2ccc(O)cc12. The van der Waals surface area contributed by atoms with Crippen LogP contribution >= 0.6 is 0 Å². The molecule has 3 rings (SSSR count). The molecule has 19 heavy (non-hydrogen) atoms. The van der Waals surface area contributed by atoms with Gasteiger partial charge in [0.1, 0.15) is 11.3 Å². The number of rotatable bonds is 2. The van der Waals surface area contributed by atoms with E-state index in [1.165, 1.54) is 18.4 Å². The van der Waals surface area contributed by atoms with Crippen LogP contribution in [0.3, 0.4) is 0 Å². The largest absolute Gasteiger partial charge is 0.508 e. The Morgan fingerprint density at radius 3 is 3.00 bits per heavy atom. The van der Waals surface area contributed by atoms with Crippen molar-refractivity contribution in [2.45, 2.75) is 13.0 Å². The molecule has 1 aliphatic rings. The Morgan fingerprint density at radius 1 is 1.32 bits per heavy atom. The van der Waals surface area contributed by atoms with Crippen molar-refractivity contribution >= 4 is 11.0 Å². The lowest BCUT2D eigenvalue weighted by molar-refractivity contribution is 0.287. The summed E-state index contributed by atoms with van der Waals surface area (Å²) in [5, 5.41) is 9.90. The third-order valence-corrected chi connectivity index (χ3v) is 3.36. The molecular weight excluding hydrogens is 242 g/mol. The molecule has 98 valence electrons. The highest BCUT2D eigenvalue weighted by atomic mass is 16.3. The van der Waals surface area contributed by atoms with Crippen molar-refractivity contribution in [3.8, 4) is 5.75 Å². The Balaban J connectivity index is 1.98. The van der Waals surface area contributed by atoms with Crippen LogP contribution < -0.4 is 5.43 Å². The fourth-order valence-corrected chi connectivity index (χ4v) is 2.34. The molecule has 4 heteroatoms. The first-order valence-electron chi connectivity index (χ1n) is 6.35.